The second-order valence-electron chi connectivity index (χ2n) is 4.98. The molecular formula is C19H14O2. The Balaban J connectivity index is 2.20. The normalized spacial score (nSPS) is 10.2. The molecule has 3 aromatic rings. The van der Waals surface area contributed by atoms with E-state index in [1.165, 1.54) is 0 Å². The molecule has 102 valence electrons. The molecular weight excluding hydrogens is 260 g/mol. The minimum absolute atomic E-state index is 0.0686. The van der Waals surface area contributed by atoms with E-state index in [1.54, 1.807) is 6.92 Å². The summed E-state index contributed by atoms with van der Waals surface area (Å²) in [6.45, 7) is 3.73. The van der Waals surface area contributed by atoms with E-state index in [1.807, 2.05) is 55.5 Å². The van der Waals surface area contributed by atoms with E-state index in [0.717, 1.165) is 11.1 Å². The topological polar surface area (TPSA) is 30.2 Å². The first kappa shape index (κ1) is 13.2. The summed E-state index contributed by atoms with van der Waals surface area (Å²) in [7, 11) is 0. The minimum Gasteiger partial charge on any atom is -0.460 e. The highest BCUT2D eigenvalue weighted by molar-refractivity contribution is 5.79. The van der Waals surface area contributed by atoms with Gasteiger partial charge in [0.1, 0.15) is 16.9 Å². The smallest absolute Gasteiger partial charge is 0.208 e. The first-order valence-corrected chi connectivity index (χ1v) is 6.76. The molecule has 0 N–H and O–H groups in total. The predicted molar refractivity (Wildman–Crippen MR) is 84.4 cm³/mol. The molecule has 0 bridgehead atoms. The van der Waals surface area contributed by atoms with Gasteiger partial charge in [-0.05, 0) is 38.1 Å². The molecule has 0 atom stereocenters. The molecule has 0 unspecified atom stereocenters. The van der Waals surface area contributed by atoms with Gasteiger partial charge in [-0.1, -0.05) is 41.7 Å². The van der Waals surface area contributed by atoms with Crippen molar-refractivity contribution in [3.05, 3.63) is 81.2 Å². The predicted octanol–water partition coefficient (Wildman–Crippen LogP) is 3.81. The lowest BCUT2D eigenvalue weighted by Crippen LogP contribution is -2.08. The first-order chi connectivity index (χ1) is 10.1. The van der Waals surface area contributed by atoms with E-state index in [2.05, 4.69) is 11.8 Å². The summed E-state index contributed by atoms with van der Waals surface area (Å²) in [5.74, 6) is 6.52. The van der Waals surface area contributed by atoms with Crippen LogP contribution >= 0.6 is 0 Å². The lowest BCUT2D eigenvalue weighted by Gasteiger charge is -2.02. The third kappa shape index (κ3) is 2.59. The van der Waals surface area contributed by atoms with Crippen LogP contribution in [0.25, 0.3) is 11.0 Å². The maximum Gasteiger partial charge on any atom is 0.208 e. The number of aryl methyl sites for hydroxylation is 2. The second-order valence-corrected chi connectivity index (χ2v) is 4.98. The molecule has 21 heavy (non-hydrogen) atoms. The summed E-state index contributed by atoms with van der Waals surface area (Å²) >= 11 is 0. The molecule has 0 aliphatic carbocycles. The summed E-state index contributed by atoms with van der Waals surface area (Å²) in [5.41, 5.74) is 2.87. The zero-order valence-electron chi connectivity index (χ0n) is 11.9. The van der Waals surface area contributed by atoms with Gasteiger partial charge in [0.15, 0.2) is 0 Å². The van der Waals surface area contributed by atoms with Gasteiger partial charge in [-0.2, -0.15) is 0 Å². The Morgan fingerprint density at radius 3 is 2.48 bits per heavy atom. The number of benzene rings is 2. The monoisotopic (exact) mass is 274 g/mol. The SMILES string of the molecule is Cc1ccc2oc(C)c(C#Cc3ccccc3)c(=O)c2c1. The van der Waals surface area contributed by atoms with Crippen LogP contribution in [-0.4, -0.2) is 0 Å². The number of hydrogen-bond acceptors (Lipinski definition) is 2. The quantitative estimate of drug-likeness (QED) is 0.583. The molecule has 0 saturated heterocycles. The molecule has 0 radical (unpaired) electrons. The van der Waals surface area contributed by atoms with Gasteiger partial charge in [-0.25, -0.2) is 0 Å². The average molecular weight is 274 g/mol. The van der Waals surface area contributed by atoms with Gasteiger partial charge in [0.25, 0.3) is 0 Å². The molecule has 2 aromatic carbocycles. The fraction of sp³-hybridized carbons (Fsp3) is 0.105. The Morgan fingerprint density at radius 1 is 0.952 bits per heavy atom. The Bertz CT molecular complexity index is 923. The van der Waals surface area contributed by atoms with Crippen molar-refractivity contribution in [2.24, 2.45) is 0 Å². The highest BCUT2D eigenvalue weighted by Gasteiger charge is 2.09. The summed E-state index contributed by atoms with van der Waals surface area (Å²) in [6, 6.07) is 15.2. The van der Waals surface area contributed by atoms with Crippen molar-refractivity contribution in [3.63, 3.8) is 0 Å². The zero-order valence-corrected chi connectivity index (χ0v) is 11.9. The van der Waals surface area contributed by atoms with Gasteiger partial charge in [0.2, 0.25) is 5.43 Å². The van der Waals surface area contributed by atoms with E-state index in [0.29, 0.717) is 22.3 Å². The first-order valence-electron chi connectivity index (χ1n) is 6.76. The van der Waals surface area contributed by atoms with E-state index in [-0.39, 0.29) is 5.43 Å². The lowest BCUT2D eigenvalue weighted by atomic mass is 10.1. The fourth-order valence-electron chi connectivity index (χ4n) is 2.22. The van der Waals surface area contributed by atoms with E-state index < -0.39 is 0 Å². The molecule has 0 aliphatic heterocycles. The Morgan fingerprint density at radius 2 is 1.71 bits per heavy atom. The van der Waals surface area contributed by atoms with Crippen LogP contribution < -0.4 is 5.43 Å². The van der Waals surface area contributed by atoms with Gasteiger partial charge in [0, 0.05) is 5.56 Å². The van der Waals surface area contributed by atoms with Gasteiger partial charge in [0.05, 0.1) is 5.39 Å². The summed E-state index contributed by atoms with van der Waals surface area (Å²) in [5, 5.41) is 0.581. The Hall–Kier alpha value is -2.79. The maximum absolute atomic E-state index is 12.6. The molecule has 0 amide bonds. The molecule has 0 fully saturated rings. The summed E-state index contributed by atoms with van der Waals surface area (Å²) < 4.78 is 5.71. The van der Waals surface area contributed by atoms with Crippen LogP contribution in [0.1, 0.15) is 22.5 Å². The molecule has 1 aromatic heterocycles. The maximum atomic E-state index is 12.6. The third-order valence-electron chi connectivity index (χ3n) is 3.33. The number of hydrogen-bond donors (Lipinski definition) is 0. The molecule has 0 aliphatic rings. The zero-order chi connectivity index (χ0) is 14.8. The van der Waals surface area contributed by atoms with Crippen molar-refractivity contribution in [2.75, 3.05) is 0 Å². The standard InChI is InChI=1S/C19H14O2/c1-13-8-11-18-17(12-13)19(20)16(14(2)21-18)10-9-15-6-4-3-5-7-15/h3-8,11-12H,1-2H3. The van der Waals surface area contributed by atoms with E-state index in [9.17, 15) is 4.79 Å². The van der Waals surface area contributed by atoms with E-state index >= 15 is 0 Å². The van der Waals surface area contributed by atoms with Crippen molar-refractivity contribution in [3.8, 4) is 11.8 Å². The minimum atomic E-state index is -0.0686. The third-order valence-corrected chi connectivity index (χ3v) is 3.33. The Labute approximate surface area is 123 Å². The summed E-state index contributed by atoms with van der Waals surface area (Å²) in [6.07, 6.45) is 0. The highest BCUT2D eigenvalue weighted by atomic mass is 16.3. The van der Waals surface area contributed by atoms with Crippen LogP contribution in [0.2, 0.25) is 0 Å². The van der Waals surface area contributed by atoms with Gasteiger partial charge in [-0.3, -0.25) is 4.79 Å². The molecule has 0 saturated carbocycles. The lowest BCUT2D eigenvalue weighted by molar-refractivity contribution is 0.562. The second kappa shape index (κ2) is 5.30. The fourth-order valence-corrected chi connectivity index (χ4v) is 2.22. The van der Waals surface area contributed by atoms with Crippen molar-refractivity contribution in [1.82, 2.24) is 0 Å². The highest BCUT2D eigenvalue weighted by Crippen LogP contribution is 2.16. The van der Waals surface area contributed by atoms with Crippen molar-refractivity contribution < 1.29 is 4.42 Å². The molecule has 3 rings (SSSR count). The van der Waals surface area contributed by atoms with Gasteiger partial charge in [-0.15, -0.1) is 0 Å². The average Bonchev–Trinajstić information content (AvgIpc) is 2.49. The Kier molecular flexibility index (Phi) is 3.33. The largest absolute Gasteiger partial charge is 0.460 e. The molecule has 0 spiro atoms. The van der Waals surface area contributed by atoms with Crippen LogP contribution in [0.3, 0.4) is 0 Å². The molecule has 1 heterocycles. The van der Waals surface area contributed by atoms with Gasteiger partial charge >= 0.3 is 0 Å². The van der Waals surface area contributed by atoms with Crippen LogP contribution in [0, 0.1) is 25.7 Å². The van der Waals surface area contributed by atoms with E-state index in [4.69, 9.17) is 4.42 Å². The van der Waals surface area contributed by atoms with Crippen LogP contribution in [0.15, 0.2) is 57.7 Å². The van der Waals surface area contributed by atoms with Crippen LogP contribution in [-0.2, 0) is 0 Å². The van der Waals surface area contributed by atoms with Crippen molar-refractivity contribution >= 4 is 11.0 Å². The number of fused-ring (bicyclic) bond motifs is 1. The molecule has 2 heteroatoms. The summed E-state index contributed by atoms with van der Waals surface area (Å²) in [4.78, 5) is 12.6. The molecule has 2 nitrogen and oxygen atoms in total. The van der Waals surface area contributed by atoms with Gasteiger partial charge < -0.3 is 4.42 Å². The van der Waals surface area contributed by atoms with Crippen LogP contribution in [0.4, 0.5) is 0 Å². The number of rotatable bonds is 0. The van der Waals surface area contributed by atoms with Crippen molar-refractivity contribution in [2.45, 2.75) is 13.8 Å². The van der Waals surface area contributed by atoms with Crippen molar-refractivity contribution in [1.29, 1.82) is 0 Å². The van der Waals surface area contributed by atoms with Crippen LogP contribution in [0.5, 0.6) is 0 Å².